The number of carboxylic acid groups (broad SMARTS) is 1. The number of piperidine rings is 1. The number of carboxylic acids is 1. The second-order valence-electron chi connectivity index (χ2n) is 6.16. The minimum absolute atomic E-state index is 0.370. The van der Waals surface area contributed by atoms with Gasteiger partial charge in [-0.1, -0.05) is 6.92 Å². The van der Waals surface area contributed by atoms with Gasteiger partial charge in [0.15, 0.2) is 0 Å². The second-order valence-corrected chi connectivity index (χ2v) is 7.33. The van der Waals surface area contributed by atoms with Gasteiger partial charge in [-0.05, 0) is 51.1 Å². The van der Waals surface area contributed by atoms with Crippen LogP contribution in [0.4, 0.5) is 0 Å². The van der Waals surface area contributed by atoms with Gasteiger partial charge in [0, 0.05) is 4.88 Å². The molecule has 0 amide bonds. The summed E-state index contributed by atoms with van der Waals surface area (Å²) in [6.07, 6.45) is 5.26. The van der Waals surface area contributed by atoms with Crippen molar-refractivity contribution in [2.75, 3.05) is 13.1 Å². The summed E-state index contributed by atoms with van der Waals surface area (Å²) in [6.45, 7) is 5.51. The van der Waals surface area contributed by atoms with Gasteiger partial charge in [-0.3, -0.25) is 9.69 Å². The van der Waals surface area contributed by atoms with Crippen LogP contribution in [0.25, 0.3) is 0 Å². The lowest BCUT2D eigenvalue weighted by Crippen LogP contribution is -2.32. The maximum Gasteiger partial charge on any atom is 0.312 e. The average Bonchev–Trinajstić information content (AvgIpc) is 2.83. The molecule has 3 rings (SSSR count). The highest BCUT2D eigenvalue weighted by atomic mass is 32.1. The molecule has 0 saturated carbocycles. The van der Waals surface area contributed by atoms with Gasteiger partial charge in [0.2, 0.25) is 0 Å². The van der Waals surface area contributed by atoms with E-state index in [2.05, 4.69) is 16.8 Å². The molecule has 2 heterocycles. The fourth-order valence-electron chi connectivity index (χ4n) is 3.19. The van der Waals surface area contributed by atoms with Crippen molar-refractivity contribution in [1.82, 2.24) is 9.88 Å². The van der Waals surface area contributed by atoms with Gasteiger partial charge < -0.3 is 5.11 Å². The van der Waals surface area contributed by atoms with Crippen molar-refractivity contribution in [3.8, 4) is 0 Å². The van der Waals surface area contributed by atoms with E-state index in [9.17, 15) is 9.90 Å². The molecule has 1 aliphatic heterocycles. The SMILES string of the molecule is CC1CCN(Cc2nc3c(s2)CCCC3C(=O)O)CC1. The summed E-state index contributed by atoms with van der Waals surface area (Å²) in [6, 6.07) is 0. The van der Waals surface area contributed by atoms with Crippen molar-refractivity contribution in [1.29, 1.82) is 0 Å². The monoisotopic (exact) mass is 294 g/mol. The van der Waals surface area contributed by atoms with Crippen LogP contribution in [0.1, 0.15) is 54.1 Å². The number of aliphatic carboxylic acids is 1. The highest BCUT2D eigenvalue weighted by Gasteiger charge is 2.30. The molecule has 5 heteroatoms. The maximum absolute atomic E-state index is 11.3. The first-order valence-corrected chi connectivity index (χ1v) is 8.38. The molecular weight excluding hydrogens is 272 g/mol. The average molecular weight is 294 g/mol. The predicted octanol–water partition coefficient (Wildman–Crippen LogP) is 2.88. The lowest BCUT2D eigenvalue weighted by atomic mass is 9.91. The number of likely N-dealkylation sites (tertiary alicyclic amines) is 1. The van der Waals surface area contributed by atoms with Crippen molar-refractivity contribution < 1.29 is 9.90 Å². The van der Waals surface area contributed by atoms with E-state index in [-0.39, 0.29) is 5.92 Å². The van der Waals surface area contributed by atoms with Crippen molar-refractivity contribution in [2.45, 2.75) is 51.5 Å². The molecule has 1 N–H and O–H groups in total. The second kappa shape index (κ2) is 5.82. The van der Waals surface area contributed by atoms with E-state index in [1.165, 1.54) is 17.7 Å². The number of fused-ring (bicyclic) bond motifs is 1. The third-order valence-corrected chi connectivity index (χ3v) is 5.65. The molecule has 0 radical (unpaired) electrons. The number of hydrogen-bond donors (Lipinski definition) is 1. The smallest absolute Gasteiger partial charge is 0.312 e. The molecule has 1 atom stereocenters. The van der Waals surface area contributed by atoms with Gasteiger partial charge in [-0.2, -0.15) is 0 Å². The van der Waals surface area contributed by atoms with Crippen LogP contribution in [0.5, 0.6) is 0 Å². The van der Waals surface area contributed by atoms with Crippen molar-refractivity contribution >= 4 is 17.3 Å². The molecule has 2 aliphatic rings. The van der Waals surface area contributed by atoms with Crippen LogP contribution in [0.15, 0.2) is 0 Å². The molecule has 20 heavy (non-hydrogen) atoms. The Morgan fingerprint density at radius 1 is 1.40 bits per heavy atom. The van der Waals surface area contributed by atoms with E-state index in [1.807, 2.05) is 0 Å². The molecule has 4 nitrogen and oxygen atoms in total. The standard InChI is InChI=1S/C15H22N2O2S/c1-10-5-7-17(8-6-10)9-13-16-14-11(15(18)19)3-2-4-12(14)20-13/h10-11H,2-9H2,1H3,(H,18,19). The lowest BCUT2D eigenvalue weighted by Gasteiger charge is -2.29. The molecule has 0 aromatic carbocycles. The Balaban J connectivity index is 1.71. The Labute approximate surface area is 123 Å². The first kappa shape index (κ1) is 14.0. The number of thiazole rings is 1. The molecule has 0 bridgehead atoms. The Bertz CT molecular complexity index is 492. The lowest BCUT2D eigenvalue weighted by molar-refractivity contribution is -0.139. The van der Waals surface area contributed by atoms with E-state index in [1.54, 1.807) is 11.3 Å². The number of carbonyl (C=O) groups is 1. The first-order chi connectivity index (χ1) is 9.63. The highest BCUT2D eigenvalue weighted by Crippen LogP contribution is 2.35. The van der Waals surface area contributed by atoms with Crippen LogP contribution in [0.3, 0.4) is 0 Å². The number of aryl methyl sites for hydroxylation is 1. The minimum atomic E-state index is -0.713. The van der Waals surface area contributed by atoms with Gasteiger partial charge >= 0.3 is 5.97 Å². The summed E-state index contributed by atoms with van der Waals surface area (Å²) in [4.78, 5) is 19.6. The van der Waals surface area contributed by atoms with Gasteiger partial charge in [0.25, 0.3) is 0 Å². The zero-order chi connectivity index (χ0) is 14.1. The Kier molecular flexibility index (Phi) is 4.08. The summed E-state index contributed by atoms with van der Waals surface area (Å²) in [5.74, 6) is -0.244. The van der Waals surface area contributed by atoms with Crippen LogP contribution in [-0.4, -0.2) is 34.0 Å². The van der Waals surface area contributed by atoms with E-state index >= 15 is 0 Å². The molecule has 1 aromatic rings. The van der Waals surface area contributed by atoms with E-state index in [4.69, 9.17) is 0 Å². The third kappa shape index (κ3) is 2.88. The topological polar surface area (TPSA) is 53.4 Å². The summed E-state index contributed by atoms with van der Waals surface area (Å²) >= 11 is 1.73. The van der Waals surface area contributed by atoms with E-state index < -0.39 is 5.97 Å². The molecule has 1 aliphatic carbocycles. The van der Waals surface area contributed by atoms with Gasteiger partial charge in [0.05, 0.1) is 18.2 Å². The maximum atomic E-state index is 11.3. The minimum Gasteiger partial charge on any atom is -0.481 e. The van der Waals surface area contributed by atoms with Crippen molar-refractivity contribution in [3.05, 3.63) is 15.6 Å². The van der Waals surface area contributed by atoms with Gasteiger partial charge in [0.1, 0.15) is 5.01 Å². The van der Waals surface area contributed by atoms with Gasteiger partial charge in [-0.25, -0.2) is 4.98 Å². The normalized spacial score (nSPS) is 24.6. The third-order valence-electron chi connectivity index (χ3n) is 4.53. The number of nitrogens with zero attached hydrogens (tertiary/aromatic N) is 2. The van der Waals surface area contributed by atoms with Crippen LogP contribution >= 0.6 is 11.3 Å². The van der Waals surface area contributed by atoms with Crippen LogP contribution in [0, 0.1) is 5.92 Å². The summed E-state index contributed by atoms with van der Waals surface area (Å²) in [5.41, 5.74) is 0.856. The molecule has 0 spiro atoms. The zero-order valence-corrected chi connectivity index (χ0v) is 12.8. The fourth-order valence-corrected chi connectivity index (χ4v) is 4.40. The number of hydrogen-bond acceptors (Lipinski definition) is 4. The van der Waals surface area contributed by atoms with Crippen LogP contribution in [-0.2, 0) is 17.8 Å². The van der Waals surface area contributed by atoms with Crippen molar-refractivity contribution in [3.63, 3.8) is 0 Å². The van der Waals surface area contributed by atoms with Crippen LogP contribution < -0.4 is 0 Å². The summed E-state index contributed by atoms with van der Waals surface area (Å²) in [7, 11) is 0. The predicted molar refractivity (Wildman–Crippen MR) is 79.1 cm³/mol. The van der Waals surface area contributed by atoms with E-state index in [0.717, 1.165) is 55.5 Å². The Morgan fingerprint density at radius 2 is 2.15 bits per heavy atom. The first-order valence-electron chi connectivity index (χ1n) is 7.57. The Hall–Kier alpha value is -0.940. The molecule has 110 valence electrons. The molecule has 1 aromatic heterocycles. The van der Waals surface area contributed by atoms with E-state index in [0.29, 0.717) is 0 Å². The highest BCUT2D eigenvalue weighted by molar-refractivity contribution is 7.11. The largest absolute Gasteiger partial charge is 0.481 e. The van der Waals surface area contributed by atoms with Crippen molar-refractivity contribution in [2.24, 2.45) is 5.92 Å². The molecule has 1 fully saturated rings. The van der Waals surface area contributed by atoms with Gasteiger partial charge in [-0.15, -0.1) is 11.3 Å². The molecule has 1 unspecified atom stereocenters. The number of rotatable bonds is 3. The summed E-state index contributed by atoms with van der Waals surface area (Å²) in [5, 5.41) is 10.4. The zero-order valence-electron chi connectivity index (χ0n) is 12.0. The Morgan fingerprint density at radius 3 is 2.85 bits per heavy atom. The molecular formula is C15H22N2O2S. The quantitative estimate of drug-likeness (QED) is 0.931. The van der Waals surface area contributed by atoms with Crippen LogP contribution in [0.2, 0.25) is 0 Å². The fraction of sp³-hybridized carbons (Fsp3) is 0.733. The molecule has 1 saturated heterocycles. The summed E-state index contributed by atoms with van der Waals surface area (Å²) < 4.78 is 0. The number of aromatic nitrogens is 1.